The first-order chi connectivity index (χ1) is 7.69. The maximum absolute atomic E-state index is 11.5. The van der Waals surface area contributed by atoms with Crippen molar-refractivity contribution < 1.29 is 19.1 Å². The Morgan fingerprint density at radius 1 is 1.44 bits per heavy atom. The van der Waals surface area contributed by atoms with Crippen LogP contribution in [0.15, 0.2) is 0 Å². The zero-order valence-electron chi connectivity index (χ0n) is 9.69. The molecule has 1 atom stereocenters. The molecular formula is C10H18N2O4. The minimum absolute atomic E-state index is 0.0163. The topological polar surface area (TPSA) is 67.9 Å². The number of rotatable bonds is 6. The summed E-state index contributed by atoms with van der Waals surface area (Å²) in [5.41, 5.74) is 0. The second kappa shape index (κ2) is 6.57. The Hall–Kier alpha value is -0.980. The quantitative estimate of drug-likeness (QED) is 0.593. The van der Waals surface area contributed by atoms with E-state index >= 15 is 0 Å². The predicted octanol–water partition coefficient (Wildman–Crippen LogP) is -1.00. The molecule has 1 aliphatic rings. The highest BCUT2D eigenvalue weighted by Crippen LogP contribution is 2.02. The fourth-order valence-corrected chi connectivity index (χ4v) is 1.61. The van der Waals surface area contributed by atoms with E-state index in [1.54, 1.807) is 7.11 Å². The summed E-state index contributed by atoms with van der Waals surface area (Å²) in [6.07, 6.45) is 0. The van der Waals surface area contributed by atoms with E-state index in [9.17, 15) is 9.59 Å². The number of hydrogen-bond acceptors (Lipinski definition) is 5. The molecule has 1 N–H and O–H groups in total. The molecule has 6 nitrogen and oxygen atoms in total. The molecule has 16 heavy (non-hydrogen) atoms. The first kappa shape index (κ1) is 13.1. The van der Waals surface area contributed by atoms with Gasteiger partial charge in [0.2, 0.25) is 0 Å². The lowest BCUT2D eigenvalue weighted by Crippen LogP contribution is -2.52. The van der Waals surface area contributed by atoms with E-state index in [1.165, 1.54) is 4.90 Å². The molecule has 1 heterocycles. The third-order valence-electron chi connectivity index (χ3n) is 2.32. The number of hydrogen-bond donors (Lipinski definition) is 1. The van der Waals surface area contributed by atoms with Gasteiger partial charge < -0.3 is 14.8 Å². The lowest BCUT2D eigenvalue weighted by atomic mass is 10.2. The number of amides is 2. The van der Waals surface area contributed by atoms with Crippen LogP contribution >= 0.6 is 0 Å². The van der Waals surface area contributed by atoms with Crippen LogP contribution in [0.5, 0.6) is 0 Å². The van der Waals surface area contributed by atoms with Crippen LogP contribution in [0.2, 0.25) is 0 Å². The molecule has 0 radical (unpaired) electrons. The monoisotopic (exact) mass is 230 g/mol. The Kier molecular flexibility index (Phi) is 5.37. The summed E-state index contributed by atoms with van der Waals surface area (Å²) in [6, 6.07) is -0.0269. The number of nitrogens with one attached hydrogen (secondary N) is 1. The third kappa shape index (κ3) is 3.55. The van der Waals surface area contributed by atoms with E-state index < -0.39 is 0 Å². The minimum Gasteiger partial charge on any atom is -0.383 e. The molecule has 2 amide bonds. The number of morpholine rings is 1. The lowest BCUT2D eigenvalue weighted by molar-refractivity contribution is -0.159. The van der Waals surface area contributed by atoms with E-state index in [0.29, 0.717) is 13.2 Å². The zero-order valence-corrected chi connectivity index (χ0v) is 9.69. The standard InChI is InChI=1S/C10H18N2O4/c1-3-11-8(5-15-2)4-12-9(13)6-16-7-10(12)14/h8,11H,3-7H2,1-2H3. The van der Waals surface area contributed by atoms with E-state index in [-0.39, 0.29) is 31.1 Å². The highest BCUT2D eigenvalue weighted by Gasteiger charge is 2.28. The molecule has 1 unspecified atom stereocenters. The largest absolute Gasteiger partial charge is 0.383 e. The van der Waals surface area contributed by atoms with Crippen molar-refractivity contribution >= 4 is 11.8 Å². The fourth-order valence-electron chi connectivity index (χ4n) is 1.61. The molecule has 1 fully saturated rings. The SMILES string of the molecule is CCNC(COC)CN1C(=O)COCC1=O. The van der Waals surface area contributed by atoms with Gasteiger partial charge in [0.05, 0.1) is 6.61 Å². The van der Waals surface area contributed by atoms with Gasteiger partial charge in [-0.25, -0.2) is 0 Å². The molecule has 0 aromatic rings. The number of methoxy groups -OCH3 is 1. The Labute approximate surface area is 94.9 Å². The van der Waals surface area contributed by atoms with Gasteiger partial charge in [0.25, 0.3) is 11.8 Å². The van der Waals surface area contributed by atoms with Crippen LogP contribution in [0, 0.1) is 0 Å². The van der Waals surface area contributed by atoms with Crippen LogP contribution in [0.4, 0.5) is 0 Å². The summed E-state index contributed by atoms with van der Waals surface area (Å²) in [4.78, 5) is 24.2. The Morgan fingerprint density at radius 2 is 2.06 bits per heavy atom. The van der Waals surface area contributed by atoms with Gasteiger partial charge >= 0.3 is 0 Å². The van der Waals surface area contributed by atoms with Crippen LogP contribution in [0.1, 0.15) is 6.92 Å². The molecule has 0 aromatic heterocycles. The summed E-state index contributed by atoms with van der Waals surface area (Å²) in [7, 11) is 1.59. The first-order valence-corrected chi connectivity index (χ1v) is 5.32. The van der Waals surface area contributed by atoms with Crippen molar-refractivity contribution in [2.45, 2.75) is 13.0 Å². The maximum atomic E-state index is 11.5. The minimum atomic E-state index is -0.282. The normalized spacial score (nSPS) is 19.0. The van der Waals surface area contributed by atoms with Gasteiger partial charge in [-0.15, -0.1) is 0 Å². The van der Waals surface area contributed by atoms with Crippen molar-refractivity contribution in [2.24, 2.45) is 0 Å². The average molecular weight is 230 g/mol. The summed E-state index contributed by atoms with van der Waals surface area (Å²) in [5, 5.41) is 3.16. The van der Waals surface area contributed by atoms with Gasteiger partial charge in [0, 0.05) is 19.7 Å². The summed E-state index contributed by atoms with van der Waals surface area (Å²) >= 11 is 0. The van der Waals surface area contributed by atoms with Crippen molar-refractivity contribution in [1.29, 1.82) is 0 Å². The molecule has 6 heteroatoms. The maximum Gasteiger partial charge on any atom is 0.255 e. The second-order valence-electron chi connectivity index (χ2n) is 3.60. The number of likely N-dealkylation sites (N-methyl/N-ethyl adjacent to an activating group) is 1. The van der Waals surface area contributed by atoms with Crippen LogP contribution in [-0.2, 0) is 19.1 Å². The van der Waals surface area contributed by atoms with Crippen molar-refractivity contribution in [3.8, 4) is 0 Å². The second-order valence-corrected chi connectivity index (χ2v) is 3.60. The smallest absolute Gasteiger partial charge is 0.255 e. The fraction of sp³-hybridized carbons (Fsp3) is 0.800. The van der Waals surface area contributed by atoms with Crippen LogP contribution in [0.3, 0.4) is 0 Å². The Morgan fingerprint density at radius 3 is 2.56 bits per heavy atom. The van der Waals surface area contributed by atoms with E-state index in [4.69, 9.17) is 9.47 Å². The average Bonchev–Trinajstić information content (AvgIpc) is 2.24. The van der Waals surface area contributed by atoms with Gasteiger partial charge in [0.1, 0.15) is 13.2 Å². The molecule has 0 aliphatic carbocycles. The van der Waals surface area contributed by atoms with Gasteiger partial charge in [-0.1, -0.05) is 6.92 Å². The van der Waals surface area contributed by atoms with Gasteiger partial charge in [-0.05, 0) is 6.54 Å². The number of carbonyl (C=O) groups is 2. The number of carbonyl (C=O) groups excluding carboxylic acids is 2. The van der Waals surface area contributed by atoms with Crippen LogP contribution < -0.4 is 5.32 Å². The Balaban J connectivity index is 2.53. The zero-order chi connectivity index (χ0) is 12.0. The number of ether oxygens (including phenoxy) is 2. The first-order valence-electron chi connectivity index (χ1n) is 5.32. The molecular weight excluding hydrogens is 212 g/mol. The van der Waals surface area contributed by atoms with E-state index in [2.05, 4.69) is 5.32 Å². The van der Waals surface area contributed by atoms with Gasteiger partial charge in [0.15, 0.2) is 0 Å². The van der Waals surface area contributed by atoms with Gasteiger partial charge in [-0.2, -0.15) is 0 Å². The highest BCUT2D eigenvalue weighted by atomic mass is 16.5. The molecule has 0 aromatic carbocycles. The molecule has 1 saturated heterocycles. The van der Waals surface area contributed by atoms with Crippen LogP contribution in [0.25, 0.3) is 0 Å². The van der Waals surface area contributed by atoms with E-state index in [0.717, 1.165) is 6.54 Å². The summed E-state index contributed by atoms with van der Waals surface area (Å²) < 4.78 is 9.86. The number of imide groups is 1. The third-order valence-corrected chi connectivity index (χ3v) is 2.32. The molecule has 1 rings (SSSR count). The predicted molar refractivity (Wildman–Crippen MR) is 56.9 cm³/mol. The molecule has 0 spiro atoms. The van der Waals surface area contributed by atoms with E-state index in [1.807, 2.05) is 6.92 Å². The molecule has 92 valence electrons. The van der Waals surface area contributed by atoms with Crippen molar-refractivity contribution in [1.82, 2.24) is 10.2 Å². The van der Waals surface area contributed by atoms with Crippen molar-refractivity contribution in [2.75, 3.05) is 40.0 Å². The highest BCUT2D eigenvalue weighted by molar-refractivity contribution is 5.98. The Bertz CT molecular complexity index is 235. The van der Waals surface area contributed by atoms with Gasteiger partial charge in [-0.3, -0.25) is 14.5 Å². The molecule has 0 bridgehead atoms. The molecule has 1 aliphatic heterocycles. The summed E-state index contributed by atoms with van der Waals surface area (Å²) in [6.45, 7) is 3.50. The van der Waals surface area contributed by atoms with Crippen LogP contribution in [-0.4, -0.2) is 62.8 Å². The lowest BCUT2D eigenvalue weighted by Gasteiger charge is -2.28. The molecule has 0 saturated carbocycles. The summed E-state index contributed by atoms with van der Waals surface area (Å²) in [5.74, 6) is -0.564. The van der Waals surface area contributed by atoms with Crippen molar-refractivity contribution in [3.63, 3.8) is 0 Å². The number of nitrogens with zero attached hydrogens (tertiary/aromatic N) is 1. The van der Waals surface area contributed by atoms with Crippen molar-refractivity contribution in [3.05, 3.63) is 0 Å².